The Bertz CT molecular complexity index is 836. The van der Waals surface area contributed by atoms with E-state index < -0.39 is 0 Å². The number of amides is 2. The number of ether oxygens (including phenoxy) is 1. The fraction of sp³-hybridized carbons (Fsp3) is 0.350. The van der Waals surface area contributed by atoms with Gasteiger partial charge in [0.1, 0.15) is 17.3 Å². The van der Waals surface area contributed by atoms with E-state index in [9.17, 15) is 14.7 Å². The summed E-state index contributed by atoms with van der Waals surface area (Å²) in [6.07, 6.45) is 3.11. The molecule has 1 saturated heterocycles. The summed E-state index contributed by atoms with van der Waals surface area (Å²) >= 11 is 0. The summed E-state index contributed by atoms with van der Waals surface area (Å²) in [6, 6.07) is 8.17. The van der Waals surface area contributed by atoms with E-state index in [2.05, 4.69) is 10.3 Å². The Hall–Kier alpha value is -3.09. The average molecular weight is 369 g/mol. The molecule has 27 heavy (non-hydrogen) atoms. The SMILES string of the molecule is COc1ccc(O)c(C(=O)N2CCC[C@H](C(=O)Nc3ccc(C)cn3)C2)c1. The molecule has 0 spiro atoms. The smallest absolute Gasteiger partial charge is 0.257 e. The molecule has 1 aromatic carbocycles. The molecule has 0 saturated carbocycles. The van der Waals surface area contributed by atoms with Gasteiger partial charge in [0.25, 0.3) is 5.91 Å². The van der Waals surface area contributed by atoms with Gasteiger partial charge in [0, 0.05) is 19.3 Å². The van der Waals surface area contributed by atoms with Crippen molar-refractivity contribution >= 4 is 17.6 Å². The number of hydrogen-bond acceptors (Lipinski definition) is 5. The van der Waals surface area contributed by atoms with Crippen LogP contribution in [0.2, 0.25) is 0 Å². The van der Waals surface area contributed by atoms with Crippen molar-refractivity contribution in [1.82, 2.24) is 9.88 Å². The lowest BCUT2D eigenvalue weighted by Gasteiger charge is -2.32. The third-order valence-corrected chi connectivity index (χ3v) is 4.68. The Morgan fingerprint density at radius 1 is 1.30 bits per heavy atom. The topological polar surface area (TPSA) is 91.8 Å². The van der Waals surface area contributed by atoms with Gasteiger partial charge in [-0.25, -0.2) is 4.98 Å². The Labute approximate surface area is 158 Å². The molecule has 1 aliphatic heterocycles. The van der Waals surface area contributed by atoms with Crippen molar-refractivity contribution in [2.24, 2.45) is 5.92 Å². The van der Waals surface area contributed by atoms with E-state index in [1.54, 1.807) is 23.2 Å². The lowest BCUT2D eigenvalue weighted by Crippen LogP contribution is -2.43. The Balaban J connectivity index is 1.69. The number of aromatic hydroxyl groups is 1. The molecule has 2 amide bonds. The molecule has 0 unspecified atom stereocenters. The van der Waals surface area contributed by atoms with E-state index in [0.29, 0.717) is 31.1 Å². The van der Waals surface area contributed by atoms with E-state index in [4.69, 9.17) is 4.74 Å². The summed E-state index contributed by atoms with van der Waals surface area (Å²) in [5.74, 6) is 0.109. The molecule has 1 fully saturated rings. The van der Waals surface area contributed by atoms with E-state index in [0.717, 1.165) is 12.0 Å². The molecule has 1 atom stereocenters. The maximum atomic E-state index is 12.8. The second-order valence-corrected chi connectivity index (χ2v) is 6.68. The van der Waals surface area contributed by atoms with Gasteiger partial charge in [-0.3, -0.25) is 9.59 Å². The maximum Gasteiger partial charge on any atom is 0.257 e. The van der Waals surface area contributed by atoms with Crippen LogP contribution in [0.4, 0.5) is 5.82 Å². The minimum Gasteiger partial charge on any atom is -0.507 e. The van der Waals surface area contributed by atoms with Gasteiger partial charge < -0.3 is 20.1 Å². The minimum absolute atomic E-state index is 0.101. The first-order chi connectivity index (χ1) is 13.0. The predicted octanol–water partition coefficient (Wildman–Crippen LogP) is 2.60. The molecular weight excluding hydrogens is 346 g/mol. The number of phenolic OH excluding ortho intramolecular Hbond substituents is 1. The van der Waals surface area contributed by atoms with Gasteiger partial charge in [0.15, 0.2) is 0 Å². The van der Waals surface area contributed by atoms with Crippen LogP contribution in [0.5, 0.6) is 11.5 Å². The first kappa shape index (κ1) is 18.7. The molecule has 2 heterocycles. The summed E-state index contributed by atoms with van der Waals surface area (Å²) in [6.45, 7) is 2.77. The molecule has 7 nitrogen and oxygen atoms in total. The summed E-state index contributed by atoms with van der Waals surface area (Å²) in [5.41, 5.74) is 1.19. The molecular formula is C20H23N3O4. The van der Waals surface area contributed by atoms with Crippen LogP contribution in [-0.4, -0.2) is 47.0 Å². The van der Waals surface area contributed by atoms with Crippen LogP contribution in [-0.2, 0) is 4.79 Å². The van der Waals surface area contributed by atoms with E-state index in [-0.39, 0.29) is 29.0 Å². The third kappa shape index (κ3) is 4.36. The van der Waals surface area contributed by atoms with Crippen LogP contribution < -0.4 is 10.1 Å². The molecule has 1 aromatic heterocycles. The zero-order valence-electron chi connectivity index (χ0n) is 15.4. The number of methoxy groups -OCH3 is 1. The molecule has 0 radical (unpaired) electrons. The maximum absolute atomic E-state index is 12.8. The lowest BCUT2D eigenvalue weighted by molar-refractivity contribution is -0.121. The van der Waals surface area contributed by atoms with Crippen LogP contribution in [0.1, 0.15) is 28.8 Å². The summed E-state index contributed by atoms with van der Waals surface area (Å²) in [5, 5.41) is 12.8. The number of nitrogens with zero attached hydrogens (tertiary/aromatic N) is 2. The van der Waals surface area contributed by atoms with Crippen LogP contribution in [0.25, 0.3) is 0 Å². The zero-order chi connectivity index (χ0) is 19.4. The number of aryl methyl sites for hydroxylation is 1. The summed E-state index contributed by atoms with van der Waals surface area (Å²) in [7, 11) is 1.50. The highest BCUT2D eigenvalue weighted by molar-refractivity contribution is 5.98. The second kappa shape index (κ2) is 8.07. The quantitative estimate of drug-likeness (QED) is 0.864. The number of hydrogen-bond donors (Lipinski definition) is 2. The highest BCUT2D eigenvalue weighted by Crippen LogP contribution is 2.27. The Kier molecular flexibility index (Phi) is 5.59. The van der Waals surface area contributed by atoms with Crippen molar-refractivity contribution in [3.05, 3.63) is 47.7 Å². The second-order valence-electron chi connectivity index (χ2n) is 6.68. The van der Waals surface area contributed by atoms with E-state index in [1.807, 2.05) is 13.0 Å². The standard InChI is InChI=1S/C20H23N3O4/c1-13-5-8-18(21-11-13)22-19(25)14-4-3-9-23(12-14)20(26)16-10-15(27-2)6-7-17(16)24/h5-8,10-11,14,24H,3-4,9,12H2,1-2H3,(H,21,22,25)/t14-/m0/s1. The number of rotatable bonds is 4. The van der Waals surface area contributed by atoms with Gasteiger partial charge in [0.2, 0.25) is 5.91 Å². The number of likely N-dealkylation sites (tertiary alicyclic amines) is 1. The zero-order valence-corrected chi connectivity index (χ0v) is 15.4. The Morgan fingerprint density at radius 3 is 2.81 bits per heavy atom. The summed E-state index contributed by atoms with van der Waals surface area (Å²) in [4.78, 5) is 31.2. The number of phenols is 1. The normalized spacial score (nSPS) is 16.7. The van der Waals surface area contributed by atoms with Gasteiger partial charge in [0.05, 0.1) is 18.6 Å². The first-order valence-corrected chi connectivity index (χ1v) is 8.87. The predicted molar refractivity (Wildman–Crippen MR) is 101 cm³/mol. The van der Waals surface area contributed by atoms with E-state index in [1.165, 1.54) is 19.2 Å². The van der Waals surface area contributed by atoms with Crippen molar-refractivity contribution in [2.75, 3.05) is 25.5 Å². The molecule has 7 heteroatoms. The monoisotopic (exact) mass is 369 g/mol. The van der Waals surface area contributed by atoms with Crippen LogP contribution >= 0.6 is 0 Å². The molecule has 142 valence electrons. The highest BCUT2D eigenvalue weighted by Gasteiger charge is 2.30. The highest BCUT2D eigenvalue weighted by atomic mass is 16.5. The van der Waals surface area contributed by atoms with Crippen LogP contribution in [0.15, 0.2) is 36.5 Å². The molecule has 3 rings (SSSR count). The number of carbonyl (C=O) groups is 2. The molecule has 0 aliphatic carbocycles. The average Bonchev–Trinajstić information content (AvgIpc) is 2.69. The molecule has 2 N–H and O–H groups in total. The number of carbonyl (C=O) groups excluding carboxylic acids is 2. The summed E-state index contributed by atoms with van der Waals surface area (Å²) < 4.78 is 5.13. The van der Waals surface area contributed by atoms with Gasteiger partial charge >= 0.3 is 0 Å². The van der Waals surface area contributed by atoms with Gasteiger partial charge in [-0.05, 0) is 49.6 Å². The fourth-order valence-electron chi connectivity index (χ4n) is 3.13. The fourth-order valence-corrected chi connectivity index (χ4v) is 3.13. The first-order valence-electron chi connectivity index (χ1n) is 8.87. The van der Waals surface area contributed by atoms with Gasteiger partial charge in [-0.2, -0.15) is 0 Å². The number of anilines is 1. The number of pyridine rings is 1. The molecule has 1 aliphatic rings. The lowest BCUT2D eigenvalue weighted by atomic mass is 9.96. The number of aromatic nitrogens is 1. The number of nitrogens with one attached hydrogen (secondary N) is 1. The van der Waals surface area contributed by atoms with Crippen molar-refractivity contribution in [3.8, 4) is 11.5 Å². The van der Waals surface area contributed by atoms with E-state index >= 15 is 0 Å². The third-order valence-electron chi connectivity index (χ3n) is 4.68. The number of benzene rings is 1. The van der Waals surface area contributed by atoms with Crippen LogP contribution in [0, 0.1) is 12.8 Å². The van der Waals surface area contributed by atoms with Gasteiger partial charge in [-0.15, -0.1) is 0 Å². The Morgan fingerprint density at radius 2 is 2.11 bits per heavy atom. The van der Waals surface area contributed by atoms with Crippen molar-refractivity contribution < 1.29 is 19.4 Å². The van der Waals surface area contributed by atoms with Crippen molar-refractivity contribution in [1.29, 1.82) is 0 Å². The molecule has 2 aromatic rings. The number of piperidine rings is 1. The van der Waals surface area contributed by atoms with Crippen LogP contribution in [0.3, 0.4) is 0 Å². The molecule has 0 bridgehead atoms. The van der Waals surface area contributed by atoms with Crippen molar-refractivity contribution in [2.45, 2.75) is 19.8 Å². The largest absolute Gasteiger partial charge is 0.507 e. The van der Waals surface area contributed by atoms with Crippen molar-refractivity contribution in [3.63, 3.8) is 0 Å². The van der Waals surface area contributed by atoms with Gasteiger partial charge in [-0.1, -0.05) is 6.07 Å². The minimum atomic E-state index is -0.321.